The highest BCUT2D eigenvalue weighted by Gasteiger charge is 2.15. The van der Waals surface area contributed by atoms with Gasteiger partial charge in [0, 0.05) is 28.3 Å². The Morgan fingerprint density at radius 2 is 1.49 bits per heavy atom. The molecule has 0 atom stereocenters. The van der Waals surface area contributed by atoms with Gasteiger partial charge in [0.2, 0.25) is 0 Å². The fourth-order valence-corrected chi connectivity index (χ4v) is 5.04. The van der Waals surface area contributed by atoms with E-state index in [1.807, 2.05) is 56.1 Å². The van der Waals surface area contributed by atoms with Gasteiger partial charge in [-0.25, -0.2) is 0 Å². The van der Waals surface area contributed by atoms with Gasteiger partial charge in [-0.1, -0.05) is 51.9 Å². The summed E-state index contributed by atoms with van der Waals surface area (Å²) in [5, 5.41) is 5.84. The number of unbranched alkanes of at least 4 members (excludes halogenated alkanes) is 7. The standard InChI is InChI=1S/C30H44N2O3S2/c1-5-6-7-8-9-10-11-12-20-37-26-16-13-24(14-17-26)30(34)32-27-22-25(29(33)31-19-21-36-4)15-18-28(27)35-23(2)3/h13-18,22-23H,5-12,19-21H2,1-4H3,(H,31,33)(H,32,34). The lowest BCUT2D eigenvalue weighted by Crippen LogP contribution is -2.26. The second-order valence-corrected chi connectivity index (χ2v) is 11.6. The van der Waals surface area contributed by atoms with Crippen molar-refractivity contribution in [1.29, 1.82) is 0 Å². The highest BCUT2D eigenvalue weighted by atomic mass is 32.2. The van der Waals surface area contributed by atoms with E-state index in [1.165, 1.54) is 56.3 Å². The lowest BCUT2D eigenvalue weighted by atomic mass is 10.1. The lowest BCUT2D eigenvalue weighted by Gasteiger charge is -2.16. The molecule has 0 saturated heterocycles. The molecule has 0 heterocycles. The second-order valence-electron chi connectivity index (χ2n) is 9.43. The van der Waals surface area contributed by atoms with Crippen molar-refractivity contribution in [3.8, 4) is 5.75 Å². The van der Waals surface area contributed by atoms with E-state index in [-0.39, 0.29) is 17.9 Å². The number of hydrogen-bond acceptors (Lipinski definition) is 5. The maximum Gasteiger partial charge on any atom is 0.255 e. The minimum atomic E-state index is -0.229. The number of carbonyl (C=O) groups is 2. The van der Waals surface area contributed by atoms with Gasteiger partial charge < -0.3 is 15.4 Å². The van der Waals surface area contributed by atoms with Gasteiger partial charge >= 0.3 is 0 Å². The minimum absolute atomic E-state index is 0.0609. The Morgan fingerprint density at radius 3 is 2.14 bits per heavy atom. The van der Waals surface area contributed by atoms with Crippen molar-refractivity contribution < 1.29 is 14.3 Å². The predicted octanol–water partition coefficient (Wildman–Crippen LogP) is 8.05. The van der Waals surface area contributed by atoms with E-state index in [9.17, 15) is 9.59 Å². The van der Waals surface area contributed by atoms with Crippen molar-refractivity contribution >= 4 is 41.0 Å². The first-order valence-electron chi connectivity index (χ1n) is 13.6. The molecule has 5 nitrogen and oxygen atoms in total. The third-order valence-electron chi connectivity index (χ3n) is 5.83. The second kappa shape index (κ2) is 18.2. The van der Waals surface area contributed by atoms with Gasteiger partial charge in [0.1, 0.15) is 5.75 Å². The smallest absolute Gasteiger partial charge is 0.255 e. The Bertz CT molecular complexity index is 948. The molecule has 2 rings (SSSR count). The fourth-order valence-electron chi connectivity index (χ4n) is 3.82. The Balaban J connectivity index is 1.91. The topological polar surface area (TPSA) is 67.4 Å². The molecule has 0 aliphatic carbocycles. The van der Waals surface area contributed by atoms with Crippen LogP contribution in [0.1, 0.15) is 92.9 Å². The van der Waals surface area contributed by atoms with Crippen LogP contribution in [-0.2, 0) is 0 Å². The van der Waals surface area contributed by atoms with Crippen LogP contribution in [0.3, 0.4) is 0 Å². The average Bonchev–Trinajstić information content (AvgIpc) is 2.88. The first kappa shape index (κ1) is 31.1. The SMILES string of the molecule is CCCCCCCCCCSc1ccc(C(=O)Nc2cc(C(=O)NCCSC)ccc2OC(C)C)cc1. The number of benzene rings is 2. The van der Waals surface area contributed by atoms with Crippen molar-refractivity contribution in [3.63, 3.8) is 0 Å². The molecule has 0 unspecified atom stereocenters. The molecular formula is C30H44N2O3S2. The third-order valence-corrected chi connectivity index (χ3v) is 7.54. The van der Waals surface area contributed by atoms with Crippen LogP contribution in [0.15, 0.2) is 47.4 Å². The van der Waals surface area contributed by atoms with Crippen LogP contribution in [0.2, 0.25) is 0 Å². The zero-order valence-corrected chi connectivity index (χ0v) is 24.6. The van der Waals surface area contributed by atoms with Crippen LogP contribution in [-0.4, -0.2) is 42.2 Å². The van der Waals surface area contributed by atoms with E-state index in [0.717, 1.165) is 11.5 Å². The van der Waals surface area contributed by atoms with Crippen LogP contribution >= 0.6 is 23.5 Å². The van der Waals surface area contributed by atoms with Gasteiger partial charge in [-0.2, -0.15) is 11.8 Å². The van der Waals surface area contributed by atoms with E-state index in [1.54, 1.807) is 30.0 Å². The molecule has 0 spiro atoms. The van der Waals surface area contributed by atoms with Crippen molar-refractivity contribution in [2.45, 2.75) is 83.1 Å². The number of thioether (sulfide) groups is 2. The summed E-state index contributed by atoms with van der Waals surface area (Å²) in [5.74, 6) is 2.09. The number of rotatable bonds is 18. The Hall–Kier alpha value is -2.12. The molecule has 0 aromatic heterocycles. The van der Waals surface area contributed by atoms with E-state index in [2.05, 4.69) is 17.6 Å². The quantitative estimate of drug-likeness (QED) is 0.147. The molecule has 0 fully saturated rings. The summed E-state index contributed by atoms with van der Waals surface area (Å²) in [6.07, 6.45) is 12.5. The molecule has 2 amide bonds. The summed E-state index contributed by atoms with van der Waals surface area (Å²) >= 11 is 3.52. The molecule has 0 radical (unpaired) electrons. The highest BCUT2D eigenvalue weighted by Crippen LogP contribution is 2.28. The van der Waals surface area contributed by atoms with Crippen molar-refractivity contribution in [1.82, 2.24) is 5.32 Å². The molecule has 0 bridgehead atoms. The molecule has 2 aromatic rings. The monoisotopic (exact) mass is 544 g/mol. The van der Waals surface area contributed by atoms with E-state index in [4.69, 9.17) is 4.74 Å². The summed E-state index contributed by atoms with van der Waals surface area (Å²) in [4.78, 5) is 26.7. The molecule has 204 valence electrons. The summed E-state index contributed by atoms with van der Waals surface area (Å²) in [7, 11) is 0. The van der Waals surface area contributed by atoms with Gasteiger partial charge in [-0.3, -0.25) is 9.59 Å². The van der Waals surface area contributed by atoms with E-state index < -0.39 is 0 Å². The number of ether oxygens (including phenoxy) is 1. The van der Waals surface area contributed by atoms with Gasteiger partial charge in [0.05, 0.1) is 11.8 Å². The van der Waals surface area contributed by atoms with Crippen molar-refractivity contribution in [2.24, 2.45) is 0 Å². The number of anilines is 1. The first-order chi connectivity index (χ1) is 17.9. The van der Waals surface area contributed by atoms with Gasteiger partial charge in [-0.15, -0.1) is 11.8 Å². The lowest BCUT2D eigenvalue weighted by molar-refractivity contribution is 0.0954. The average molecular weight is 545 g/mol. The van der Waals surface area contributed by atoms with E-state index >= 15 is 0 Å². The largest absolute Gasteiger partial charge is 0.489 e. The van der Waals surface area contributed by atoms with Crippen molar-refractivity contribution in [2.75, 3.05) is 29.6 Å². The molecule has 7 heteroatoms. The minimum Gasteiger partial charge on any atom is -0.489 e. The van der Waals surface area contributed by atoms with Crippen molar-refractivity contribution in [3.05, 3.63) is 53.6 Å². The third kappa shape index (κ3) is 12.3. The number of amides is 2. The van der Waals surface area contributed by atoms with Gasteiger partial charge in [0.25, 0.3) is 11.8 Å². The molecule has 37 heavy (non-hydrogen) atoms. The summed E-state index contributed by atoms with van der Waals surface area (Å²) in [5.41, 5.74) is 1.55. The highest BCUT2D eigenvalue weighted by molar-refractivity contribution is 7.99. The zero-order valence-electron chi connectivity index (χ0n) is 22.9. The van der Waals surface area contributed by atoms with Gasteiger partial charge in [-0.05, 0) is 74.7 Å². The molecular weight excluding hydrogens is 500 g/mol. The fraction of sp³-hybridized carbons (Fsp3) is 0.533. The van der Waals surface area contributed by atoms with Crippen LogP contribution in [0.25, 0.3) is 0 Å². The Morgan fingerprint density at radius 1 is 0.838 bits per heavy atom. The molecule has 2 N–H and O–H groups in total. The van der Waals surface area contributed by atoms with Crippen LogP contribution in [0.5, 0.6) is 5.75 Å². The summed E-state index contributed by atoms with van der Waals surface area (Å²) < 4.78 is 5.88. The molecule has 0 aliphatic rings. The van der Waals surface area contributed by atoms with Crippen LogP contribution < -0.4 is 15.4 Å². The maximum atomic E-state index is 13.0. The van der Waals surface area contributed by atoms with Gasteiger partial charge in [0.15, 0.2) is 0 Å². The summed E-state index contributed by atoms with van der Waals surface area (Å²) in [6.45, 7) is 6.71. The number of hydrogen-bond donors (Lipinski definition) is 2. The number of nitrogens with one attached hydrogen (secondary N) is 2. The molecule has 0 aliphatic heterocycles. The van der Waals surface area contributed by atoms with Crippen LogP contribution in [0, 0.1) is 0 Å². The predicted molar refractivity (Wildman–Crippen MR) is 161 cm³/mol. The van der Waals surface area contributed by atoms with E-state index in [0.29, 0.717) is 29.1 Å². The normalized spacial score (nSPS) is 10.9. The molecule has 0 saturated carbocycles. The molecule has 2 aromatic carbocycles. The summed E-state index contributed by atoms with van der Waals surface area (Å²) in [6, 6.07) is 12.9. The Labute approximate surface area is 232 Å². The number of carbonyl (C=O) groups excluding carboxylic acids is 2. The zero-order chi connectivity index (χ0) is 26.9. The first-order valence-corrected chi connectivity index (χ1v) is 15.9. The maximum absolute atomic E-state index is 13.0. The Kier molecular flexibility index (Phi) is 15.3. The van der Waals surface area contributed by atoms with Crippen LogP contribution in [0.4, 0.5) is 5.69 Å².